The zero-order chi connectivity index (χ0) is 44.4. The number of carbonyl (C=O) groups is 6. The van der Waals surface area contributed by atoms with E-state index in [0.717, 1.165) is 102 Å². The Labute approximate surface area is 367 Å². The van der Waals surface area contributed by atoms with Gasteiger partial charge in [-0.25, -0.2) is 0 Å². The molecule has 1 unspecified atom stereocenters. The smallest absolute Gasteiger partial charge is 0.312 e. The van der Waals surface area contributed by atoms with Gasteiger partial charge in [-0.1, -0.05) is 5.16 Å². The van der Waals surface area contributed by atoms with Crippen molar-refractivity contribution in [3.05, 3.63) is 0 Å². The van der Waals surface area contributed by atoms with E-state index in [2.05, 4.69) is 12.1 Å². The molecule has 15 heteroatoms. The highest BCUT2D eigenvalue weighted by molar-refractivity contribution is 5.89. The summed E-state index contributed by atoms with van der Waals surface area (Å²) in [5.41, 5.74) is 4.99. The van der Waals surface area contributed by atoms with Crippen molar-refractivity contribution in [3.63, 3.8) is 0 Å². The van der Waals surface area contributed by atoms with Crippen LogP contribution in [0.3, 0.4) is 0 Å². The van der Waals surface area contributed by atoms with Crippen molar-refractivity contribution >= 4 is 53.7 Å². The molecule has 1 atom stereocenters. The lowest BCUT2D eigenvalue weighted by Gasteiger charge is -2.53. The molecule has 12 saturated carbocycles. The Morgan fingerprint density at radius 1 is 0.525 bits per heavy atom. The third-order valence-electron chi connectivity index (χ3n) is 18.4. The van der Waals surface area contributed by atoms with E-state index in [1.165, 1.54) is 7.11 Å². The fourth-order valence-electron chi connectivity index (χ4n) is 12.7. The maximum absolute atomic E-state index is 12.0. The van der Waals surface area contributed by atoms with Gasteiger partial charge in [0, 0.05) is 16.9 Å². The highest BCUT2D eigenvalue weighted by Crippen LogP contribution is 2.60. The van der Waals surface area contributed by atoms with Crippen LogP contribution in [-0.2, 0) is 38.2 Å². The molecule has 346 valence electrons. The zero-order valence-electron chi connectivity index (χ0n) is 37.2. The van der Waals surface area contributed by atoms with Gasteiger partial charge in [0.25, 0.3) is 0 Å². The number of ether oxygens (including phenoxy) is 2. The molecule has 61 heavy (non-hydrogen) atoms. The minimum absolute atomic E-state index is 0. The summed E-state index contributed by atoms with van der Waals surface area (Å²) in [6.07, 6.45) is 19.3. The van der Waals surface area contributed by atoms with Crippen molar-refractivity contribution in [3.8, 4) is 0 Å². The molecule has 0 radical (unpaired) electrons. The monoisotopic (exact) mass is 880 g/mol. The number of esters is 2. The summed E-state index contributed by atoms with van der Waals surface area (Å²) in [6, 6.07) is 0.257. The largest absolute Gasteiger partial charge is 0.481 e. The molecule has 14 nitrogen and oxygen atoms in total. The summed E-state index contributed by atoms with van der Waals surface area (Å²) >= 11 is 0. The second-order valence-corrected chi connectivity index (χ2v) is 20.5. The molecule has 0 saturated heterocycles. The number of rotatable bonds is 9. The van der Waals surface area contributed by atoms with Crippen LogP contribution in [0.5, 0.6) is 0 Å². The average molecular weight is 882 g/mol. The molecule has 0 aliphatic heterocycles. The number of fused-ring (bicyclic) bond motifs is 12. The molecule has 12 rings (SSSR count). The van der Waals surface area contributed by atoms with Crippen LogP contribution in [0.4, 0.5) is 0 Å². The maximum Gasteiger partial charge on any atom is 0.312 e. The number of ketones is 1. The topological polar surface area (TPSA) is 240 Å². The Bertz CT molecular complexity index is 1580. The van der Waals surface area contributed by atoms with Crippen LogP contribution in [0.1, 0.15) is 182 Å². The first-order chi connectivity index (χ1) is 28.1. The number of carboxylic acid groups (broad SMARTS) is 3. The SMILES string of the molecule is C/C(=N\O)C12CCC(C(=O)O)(CC1)CC2.CC(=O)C12CCC(C(=O)O)(CC1)CC2.CCOC(=O)C12CCC(C(C)N)(CC1)CC2.COC(=O)C12CCC(C(=O)O)(CC1)CC2.Cl. The number of methoxy groups -OCH3 is 1. The van der Waals surface area contributed by atoms with Crippen LogP contribution >= 0.6 is 12.4 Å². The van der Waals surface area contributed by atoms with Crippen molar-refractivity contribution in [1.82, 2.24) is 0 Å². The lowest BCUT2D eigenvalue weighted by atomic mass is 9.52. The summed E-state index contributed by atoms with van der Waals surface area (Å²) in [5, 5.41) is 39.7. The van der Waals surface area contributed by atoms with Crippen molar-refractivity contribution in [2.75, 3.05) is 13.7 Å². The lowest BCUT2D eigenvalue weighted by Crippen LogP contribution is -2.52. The number of hydrogen-bond acceptors (Lipinski definition) is 11. The minimum Gasteiger partial charge on any atom is -0.481 e. The normalized spacial score (nSPS) is 39.2. The number of aliphatic carboxylic acids is 3. The van der Waals surface area contributed by atoms with Crippen LogP contribution in [0.25, 0.3) is 0 Å². The highest BCUT2D eigenvalue weighted by atomic mass is 35.5. The van der Waals surface area contributed by atoms with Gasteiger partial charge in [-0.05, 0) is 187 Å². The third-order valence-corrected chi connectivity index (χ3v) is 18.4. The Morgan fingerprint density at radius 3 is 1.07 bits per heavy atom. The van der Waals surface area contributed by atoms with Gasteiger partial charge >= 0.3 is 29.8 Å². The maximum atomic E-state index is 12.0. The molecule has 0 aromatic rings. The van der Waals surface area contributed by atoms with Crippen molar-refractivity contribution < 1.29 is 58.8 Å². The van der Waals surface area contributed by atoms with Gasteiger partial charge in [0.1, 0.15) is 5.78 Å². The van der Waals surface area contributed by atoms with Crippen LogP contribution in [0.15, 0.2) is 5.16 Å². The second kappa shape index (κ2) is 18.8. The number of oxime groups is 1. The van der Waals surface area contributed by atoms with Crippen LogP contribution in [-0.4, -0.2) is 81.6 Å². The number of carbonyl (C=O) groups excluding carboxylic acids is 3. The van der Waals surface area contributed by atoms with Gasteiger partial charge in [-0.15, -0.1) is 12.4 Å². The highest BCUT2D eigenvalue weighted by Gasteiger charge is 2.58. The van der Waals surface area contributed by atoms with Crippen molar-refractivity contribution in [1.29, 1.82) is 0 Å². The molecule has 0 spiro atoms. The van der Waals surface area contributed by atoms with Gasteiger partial charge in [0.2, 0.25) is 0 Å². The fourth-order valence-corrected chi connectivity index (χ4v) is 12.7. The Kier molecular flexibility index (Phi) is 15.6. The quantitative estimate of drug-likeness (QED) is 0.0632. The lowest BCUT2D eigenvalue weighted by molar-refractivity contribution is -0.172. The summed E-state index contributed by atoms with van der Waals surface area (Å²) < 4.78 is 10.0. The summed E-state index contributed by atoms with van der Waals surface area (Å²) in [4.78, 5) is 68.6. The van der Waals surface area contributed by atoms with E-state index in [0.29, 0.717) is 69.8 Å². The standard InChI is InChI=1S/C13H23NO2.C11H17NO3.C11H16O4.C11H16O3.ClH/c1-3-16-11(15)13-7-4-12(5-8-13,6-9-13)10(2)14;1-8(12-15)10-2-5-11(6-3-10,7-4-10)9(13)14;1-15-9(14)11-5-2-10(3-6-11,4-7-11)8(12)13;1-8(12)10-2-5-11(6-3-10,7-4-10)9(13)14;/h10H,3-9,14H2,1-2H3;15H,2-7H2,1H3,(H,13,14);2-7H2,1H3,(H,12,13);2-7H2,1H3,(H,13,14);1H/b;12-8+;;;. The van der Waals surface area contributed by atoms with E-state index in [4.69, 9.17) is 25.5 Å². The number of hydrogen-bond donors (Lipinski definition) is 5. The fraction of sp³-hybridized carbons (Fsp3) is 0.848. The molecule has 12 fully saturated rings. The molecular formula is C46H73ClN2O12. The molecule has 0 aromatic carbocycles. The van der Waals surface area contributed by atoms with Gasteiger partial charge in [-0.2, -0.15) is 0 Å². The Hall–Kier alpha value is -3.26. The van der Waals surface area contributed by atoms with E-state index in [-0.39, 0.29) is 57.8 Å². The summed E-state index contributed by atoms with van der Waals surface area (Å²) in [5.74, 6) is -1.85. The molecular weight excluding hydrogens is 808 g/mol. The van der Waals surface area contributed by atoms with E-state index in [9.17, 15) is 39.0 Å². The molecule has 0 amide bonds. The third kappa shape index (κ3) is 9.23. The number of nitrogens with two attached hydrogens (primary N) is 1. The van der Waals surface area contributed by atoms with Gasteiger partial charge in [0.05, 0.1) is 46.5 Å². The number of carboxylic acids is 3. The van der Waals surface area contributed by atoms with Crippen LogP contribution in [0, 0.1) is 43.3 Å². The number of halogens is 1. The molecule has 0 aromatic heterocycles. The van der Waals surface area contributed by atoms with Crippen molar-refractivity contribution in [2.24, 2.45) is 54.2 Å². The second-order valence-electron chi connectivity index (χ2n) is 20.5. The first-order valence-electron chi connectivity index (χ1n) is 22.6. The summed E-state index contributed by atoms with van der Waals surface area (Å²) in [6.45, 7) is 7.99. The average Bonchev–Trinajstić information content (AvgIpc) is 3.28. The number of Topliss-reactive ketones (excluding diaryl/α,β-unsaturated/α-hetero) is 1. The molecule has 0 heterocycles. The Morgan fingerprint density at radius 2 is 0.803 bits per heavy atom. The predicted octanol–water partition coefficient (Wildman–Crippen LogP) is 8.51. The van der Waals surface area contributed by atoms with Crippen molar-refractivity contribution in [2.45, 2.75) is 188 Å². The minimum atomic E-state index is -0.694. The molecule has 12 aliphatic rings. The number of nitrogens with zero attached hydrogens (tertiary/aromatic N) is 1. The van der Waals surface area contributed by atoms with Gasteiger partial charge in [0.15, 0.2) is 0 Å². The van der Waals surface area contributed by atoms with Gasteiger partial charge in [-0.3, -0.25) is 28.8 Å². The van der Waals surface area contributed by atoms with E-state index < -0.39 is 34.2 Å². The van der Waals surface area contributed by atoms with E-state index >= 15 is 0 Å². The molecule has 12 aliphatic carbocycles. The summed E-state index contributed by atoms with van der Waals surface area (Å²) in [7, 11) is 1.41. The van der Waals surface area contributed by atoms with E-state index in [1.54, 1.807) is 6.92 Å². The first-order valence-corrected chi connectivity index (χ1v) is 22.6. The predicted molar refractivity (Wildman–Crippen MR) is 228 cm³/mol. The Balaban J connectivity index is 0.000000178. The molecule has 6 N–H and O–H groups in total. The van der Waals surface area contributed by atoms with E-state index in [1.807, 2.05) is 13.8 Å². The van der Waals surface area contributed by atoms with Crippen LogP contribution in [0.2, 0.25) is 0 Å². The first kappa shape index (κ1) is 50.4. The van der Waals surface area contributed by atoms with Crippen LogP contribution < -0.4 is 5.73 Å². The molecule has 8 bridgehead atoms. The van der Waals surface area contributed by atoms with Gasteiger partial charge < -0.3 is 35.7 Å². The zero-order valence-corrected chi connectivity index (χ0v) is 38.1.